The average Bonchev–Trinajstić information content (AvgIpc) is 3.52. The molecule has 0 aliphatic heterocycles. The van der Waals surface area contributed by atoms with Crippen molar-refractivity contribution in [3.63, 3.8) is 0 Å². The van der Waals surface area contributed by atoms with Crippen molar-refractivity contribution in [2.45, 2.75) is 31.3 Å². The molecule has 186 valence electrons. The molecule has 0 saturated carbocycles. The maximum Gasteiger partial charge on any atom is 0.267 e. The number of carbonyl (C=O) groups excluding carboxylic acids is 1. The molecular weight excluding hydrogens is 523 g/mol. The van der Waals surface area contributed by atoms with Crippen molar-refractivity contribution < 1.29 is 4.79 Å². The number of nitrogens with zero attached hydrogens (tertiary/aromatic N) is 4. The quantitative estimate of drug-likeness (QED) is 0.214. The van der Waals surface area contributed by atoms with E-state index < -0.39 is 0 Å². The highest BCUT2D eigenvalue weighted by Gasteiger charge is 2.25. The van der Waals surface area contributed by atoms with E-state index >= 15 is 0 Å². The van der Waals surface area contributed by atoms with Crippen molar-refractivity contribution >= 4 is 55.9 Å². The van der Waals surface area contributed by atoms with E-state index in [9.17, 15) is 9.59 Å². The van der Waals surface area contributed by atoms with Crippen LogP contribution in [-0.2, 0) is 17.6 Å². The number of thiophene rings is 1. The predicted molar refractivity (Wildman–Crippen MR) is 151 cm³/mol. The Hall–Kier alpha value is -3.34. The number of nitrogens with one attached hydrogen (secondary N) is 1. The summed E-state index contributed by atoms with van der Waals surface area (Å²) in [6.45, 7) is 2.25. The lowest BCUT2D eigenvalue weighted by Gasteiger charge is -2.17. The number of fused-ring (bicyclic) bond motifs is 3. The maximum absolute atomic E-state index is 13.8. The van der Waals surface area contributed by atoms with Crippen LogP contribution in [0.15, 0.2) is 70.6 Å². The van der Waals surface area contributed by atoms with Crippen LogP contribution >= 0.6 is 34.6 Å². The molecule has 7 nitrogen and oxygen atoms in total. The van der Waals surface area contributed by atoms with E-state index in [2.05, 4.69) is 21.6 Å². The van der Waals surface area contributed by atoms with E-state index in [4.69, 9.17) is 4.98 Å². The van der Waals surface area contributed by atoms with E-state index in [1.54, 1.807) is 15.9 Å². The van der Waals surface area contributed by atoms with Gasteiger partial charge in [-0.05, 0) is 42.9 Å². The molecule has 1 N–H and O–H groups in total. The van der Waals surface area contributed by atoms with Crippen LogP contribution in [0.25, 0.3) is 27.3 Å². The van der Waals surface area contributed by atoms with Gasteiger partial charge in [-0.15, -0.1) is 11.3 Å². The largest absolute Gasteiger partial charge is 0.300 e. The fourth-order valence-corrected chi connectivity index (χ4v) is 7.38. The minimum atomic E-state index is -0.228. The molecule has 2 aromatic carbocycles. The monoisotopic (exact) mass is 545 g/mol. The lowest BCUT2D eigenvalue weighted by Crippen LogP contribution is -2.23. The molecule has 0 saturated heterocycles. The predicted octanol–water partition coefficient (Wildman–Crippen LogP) is 5.82. The fraction of sp³-hybridized carbons (Fsp3) is 0.222. The zero-order valence-corrected chi connectivity index (χ0v) is 22.5. The van der Waals surface area contributed by atoms with Crippen molar-refractivity contribution in [1.82, 2.24) is 18.9 Å². The average molecular weight is 546 g/mol. The summed E-state index contributed by atoms with van der Waals surface area (Å²) in [4.78, 5) is 38.0. The summed E-state index contributed by atoms with van der Waals surface area (Å²) < 4.78 is 5.99. The highest BCUT2D eigenvalue weighted by molar-refractivity contribution is 7.99. The summed E-state index contributed by atoms with van der Waals surface area (Å²) in [5, 5.41) is 4.50. The Labute approximate surface area is 225 Å². The van der Waals surface area contributed by atoms with Gasteiger partial charge in [0.2, 0.25) is 11.0 Å². The van der Waals surface area contributed by atoms with E-state index in [0.717, 1.165) is 57.8 Å². The molecule has 1 atom stereocenters. The molecule has 37 heavy (non-hydrogen) atoms. The standard InChI is InChI=1S/C27H23N5O2S3/c1-16-12-13-19-20(14-16)36-24-22(19)25(34)32(18-10-6-3-7-11-18)27(30-24)35-15-21(33)28-26-29-23(31-37-26)17-8-4-2-5-9-17/h2-11,16H,12-15H2,1H3,(H,28,29,31,33)/t16-/m0/s1. The van der Waals surface area contributed by atoms with Crippen LogP contribution in [0.4, 0.5) is 5.13 Å². The van der Waals surface area contributed by atoms with E-state index in [1.807, 2.05) is 60.7 Å². The van der Waals surface area contributed by atoms with Gasteiger partial charge in [0.1, 0.15) is 4.83 Å². The number of aromatic nitrogens is 4. The third kappa shape index (κ3) is 4.84. The Morgan fingerprint density at radius 1 is 1.11 bits per heavy atom. The molecule has 5 aromatic rings. The summed E-state index contributed by atoms with van der Waals surface area (Å²) in [5.41, 5.74) is 2.72. The first-order valence-electron chi connectivity index (χ1n) is 12.0. The van der Waals surface area contributed by atoms with Crippen LogP contribution in [0.2, 0.25) is 0 Å². The number of carbonyl (C=O) groups is 1. The molecule has 0 spiro atoms. The summed E-state index contributed by atoms with van der Waals surface area (Å²) >= 11 is 4.01. The van der Waals surface area contributed by atoms with Gasteiger partial charge in [0.15, 0.2) is 11.0 Å². The van der Waals surface area contributed by atoms with Crippen molar-refractivity contribution in [1.29, 1.82) is 0 Å². The number of rotatable bonds is 6. The number of benzene rings is 2. The van der Waals surface area contributed by atoms with Gasteiger partial charge in [0.25, 0.3) is 5.56 Å². The number of amides is 1. The van der Waals surface area contributed by atoms with Gasteiger partial charge in [-0.2, -0.15) is 9.36 Å². The number of thioether (sulfide) groups is 1. The van der Waals surface area contributed by atoms with Crippen molar-refractivity contribution in [2.24, 2.45) is 5.92 Å². The number of anilines is 1. The van der Waals surface area contributed by atoms with E-state index in [-0.39, 0.29) is 17.2 Å². The number of hydrogen-bond donors (Lipinski definition) is 1. The second-order valence-corrected chi connectivity index (χ2v) is 11.8. The summed E-state index contributed by atoms with van der Waals surface area (Å²) in [6.07, 6.45) is 2.97. The molecule has 6 rings (SSSR count). The Balaban J connectivity index is 1.28. The number of hydrogen-bond acceptors (Lipinski definition) is 8. The normalized spacial score (nSPS) is 15.0. The molecule has 3 aromatic heterocycles. The molecule has 0 fully saturated rings. The Morgan fingerprint density at radius 3 is 2.65 bits per heavy atom. The minimum absolute atomic E-state index is 0.0669. The van der Waals surface area contributed by atoms with Gasteiger partial charge in [-0.25, -0.2) is 4.98 Å². The van der Waals surface area contributed by atoms with Crippen LogP contribution in [0.3, 0.4) is 0 Å². The third-order valence-electron chi connectivity index (χ3n) is 6.35. The van der Waals surface area contributed by atoms with Gasteiger partial charge >= 0.3 is 0 Å². The maximum atomic E-state index is 13.8. The second kappa shape index (κ2) is 10.2. The van der Waals surface area contributed by atoms with Crippen molar-refractivity contribution in [3.05, 3.63) is 81.5 Å². The molecule has 10 heteroatoms. The van der Waals surface area contributed by atoms with Gasteiger partial charge < -0.3 is 0 Å². The highest BCUT2D eigenvalue weighted by Crippen LogP contribution is 2.37. The van der Waals surface area contributed by atoms with Crippen LogP contribution < -0.4 is 10.9 Å². The zero-order chi connectivity index (χ0) is 25.4. The molecule has 0 unspecified atom stereocenters. The molecule has 3 heterocycles. The topological polar surface area (TPSA) is 89.8 Å². The zero-order valence-electron chi connectivity index (χ0n) is 20.0. The van der Waals surface area contributed by atoms with Gasteiger partial charge in [0, 0.05) is 22.0 Å². The van der Waals surface area contributed by atoms with Crippen molar-refractivity contribution in [3.8, 4) is 17.1 Å². The number of aryl methyl sites for hydroxylation is 1. The van der Waals surface area contributed by atoms with Gasteiger partial charge in [0.05, 0.1) is 16.8 Å². The third-order valence-corrected chi connectivity index (χ3v) is 9.07. The highest BCUT2D eigenvalue weighted by atomic mass is 32.2. The van der Waals surface area contributed by atoms with Crippen molar-refractivity contribution in [2.75, 3.05) is 11.1 Å². The Morgan fingerprint density at radius 2 is 1.86 bits per heavy atom. The molecule has 1 aliphatic carbocycles. The molecular formula is C27H23N5O2S3. The van der Waals surface area contributed by atoms with Crippen LogP contribution in [-0.4, -0.2) is 30.6 Å². The summed E-state index contributed by atoms with van der Waals surface area (Å²) in [7, 11) is 0. The van der Waals surface area contributed by atoms with Gasteiger partial charge in [-0.3, -0.25) is 19.5 Å². The van der Waals surface area contributed by atoms with Crippen LogP contribution in [0.1, 0.15) is 23.8 Å². The first-order chi connectivity index (χ1) is 18.1. The summed E-state index contributed by atoms with van der Waals surface area (Å²) in [5.74, 6) is 1.05. The SMILES string of the molecule is C[C@H]1CCc2c(sc3nc(SCC(=O)Nc4nc(-c5ccccc5)ns4)n(-c4ccccc4)c(=O)c23)C1. The van der Waals surface area contributed by atoms with E-state index in [0.29, 0.717) is 22.0 Å². The molecule has 1 amide bonds. The lowest BCUT2D eigenvalue weighted by atomic mass is 9.89. The molecule has 0 radical (unpaired) electrons. The summed E-state index contributed by atoms with van der Waals surface area (Å²) in [6, 6.07) is 19.1. The first-order valence-corrected chi connectivity index (χ1v) is 14.6. The second-order valence-electron chi connectivity index (χ2n) is 9.03. The molecule has 0 bridgehead atoms. The number of para-hydroxylation sites is 1. The fourth-order valence-electron chi connectivity index (χ4n) is 4.54. The van der Waals surface area contributed by atoms with Crippen LogP contribution in [0.5, 0.6) is 0 Å². The van der Waals surface area contributed by atoms with Crippen LogP contribution in [0, 0.1) is 5.92 Å². The molecule has 1 aliphatic rings. The Kier molecular flexibility index (Phi) is 6.62. The lowest BCUT2D eigenvalue weighted by molar-refractivity contribution is -0.113. The minimum Gasteiger partial charge on any atom is -0.300 e. The first kappa shape index (κ1) is 24.0. The Bertz CT molecular complexity index is 1640. The van der Waals surface area contributed by atoms with E-state index in [1.165, 1.54) is 16.6 Å². The smallest absolute Gasteiger partial charge is 0.267 e. The van der Waals surface area contributed by atoms with Gasteiger partial charge in [-0.1, -0.05) is 67.2 Å².